The molecule has 0 saturated heterocycles. The minimum absolute atomic E-state index is 0.0348. The number of hydrogen-bond acceptors (Lipinski definition) is 3. The van der Waals surface area contributed by atoms with Crippen molar-refractivity contribution in [3.63, 3.8) is 0 Å². The van der Waals surface area contributed by atoms with Crippen LogP contribution in [-0.2, 0) is 4.79 Å². The van der Waals surface area contributed by atoms with E-state index in [0.29, 0.717) is 15.9 Å². The number of ketones is 1. The lowest BCUT2D eigenvalue weighted by Gasteiger charge is -2.18. The van der Waals surface area contributed by atoms with Crippen molar-refractivity contribution < 1.29 is 18.7 Å². The second-order valence-corrected chi connectivity index (χ2v) is 5.42. The van der Waals surface area contributed by atoms with E-state index in [4.69, 9.17) is 4.74 Å². The minimum atomic E-state index is -0.596. The number of amides is 1. The summed E-state index contributed by atoms with van der Waals surface area (Å²) in [6.45, 7) is -0.0550. The third-order valence-electron chi connectivity index (χ3n) is 3.05. The average molecular weight is 350 g/mol. The van der Waals surface area contributed by atoms with Crippen molar-refractivity contribution in [1.29, 1.82) is 0 Å². The van der Waals surface area contributed by atoms with Gasteiger partial charge in [-0.25, -0.2) is 4.39 Å². The lowest BCUT2D eigenvalue weighted by Crippen LogP contribution is -2.25. The molecule has 1 aliphatic heterocycles. The van der Waals surface area contributed by atoms with Crippen molar-refractivity contribution in [2.75, 3.05) is 11.9 Å². The lowest BCUT2D eigenvalue weighted by molar-refractivity contribution is -0.118. The molecule has 4 nitrogen and oxygen atoms in total. The molecule has 0 fully saturated rings. The predicted octanol–water partition coefficient (Wildman–Crippen LogP) is 3.15. The van der Waals surface area contributed by atoms with Gasteiger partial charge in [0.05, 0.1) is 11.3 Å². The molecule has 0 radical (unpaired) electrons. The van der Waals surface area contributed by atoms with Gasteiger partial charge >= 0.3 is 0 Å². The number of carbonyl (C=O) groups is 2. The van der Waals surface area contributed by atoms with Crippen LogP contribution >= 0.6 is 15.9 Å². The first-order chi connectivity index (χ1) is 10.0. The molecule has 1 aliphatic rings. The molecule has 0 aliphatic carbocycles. The quantitative estimate of drug-likeness (QED) is 0.847. The van der Waals surface area contributed by atoms with Crippen LogP contribution in [0.3, 0.4) is 0 Å². The van der Waals surface area contributed by atoms with Gasteiger partial charge in [0.2, 0.25) is 0 Å². The van der Waals surface area contributed by atoms with E-state index in [2.05, 4.69) is 21.2 Å². The Bertz CT molecular complexity index is 761. The number of benzene rings is 2. The van der Waals surface area contributed by atoms with E-state index >= 15 is 0 Å². The normalized spacial score (nSPS) is 13.1. The molecule has 2 aromatic carbocycles. The minimum Gasteiger partial charge on any atom is -0.482 e. The van der Waals surface area contributed by atoms with Crippen LogP contribution in [0.1, 0.15) is 15.9 Å². The molecule has 21 heavy (non-hydrogen) atoms. The van der Waals surface area contributed by atoms with Crippen molar-refractivity contribution >= 4 is 33.3 Å². The maximum Gasteiger partial charge on any atom is 0.262 e. The van der Waals surface area contributed by atoms with Crippen molar-refractivity contribution in [1.82, 2.24) is 0 Å². The van der Waals surface area contributed by atoms with Crippen LogP contribution < -0.4 is 10.1 Å². The highest BCUT2D eigenvalue weighted by molar-refractivity contribution is 9.10. The number of nitrogens with one attached hydrogen (secondary N) is 1. The monoisotopic (exact) mass is 349 g/mol. The molecule has 2 aromatic rings. The highest BCUT2D eigenvalue weighted by Crippen LogP contribution is 2.29. The fraction of sp³-hybridized carbons (Fsp3) is 0.0667. The first-order valence-electron chi connectivity index (χ1n) is 6.11. The maximum absolute atomic E-state index is 13.8. The first kappa shape index (κ1) is 13.8. The number of anilines is 1. The van der Waals surface area contributed by atoms with Crippen LogP contribution in [0.2, 0.25) is 0 Å². The van der Waals surface area contributed by atoms with Crippen LogP contribution in [0.5, 0.6) is 5.75 Å². The molecule has 3 rings (SSSR count). The zero-order chi connectivity index (χ0) is 15.0. The third-order valence-corrected chi connectivity index (χ3v) is 3.54. The molecular weight excluding hydrogens is 341 g/mol. The van der Waals surface area contributed by atoms with Gasteiger partial charge in [-0.2, -0.15) is 0 Å². The fourth-order valence-corrected chi connectivity index (χ4v) is 2.41. The number of carbonyl (C=O) groups excluding carboxylic acids is 2. The second kappa shape index (κ2) is 5.29. The summed E-state index contributed by atoms with van der Waals surface area (Å²) in [6, 6.07) is 8.77. The van der Waals surface area contributed by atoms with Crippen LogP contribution in [0.15, 0.2) is 40.9 Å². The third kappa shape index (κ3) is 2.67. The Morgan fingerprint density at radius 1 is 1.24 bits per heavy atom. The summed E-state index contributed by atoms with van der Waals surface area (Å²) in [4.78, 5) is 23.7. The summed E-state index contributed by atoms with van der Waals surface area (Å²) in [5.74, 6) is -0.862. The largest absolute Gasteiger partial charge is 0.482 e. The van der Waals surface area contributed by atoms with E-state index in [-0.39, 0.29) is 23.6 Å². The van der Waals surface area contributed by atoms with Gasteiger partial charge < -0.3 is 10.1 Å². The number of rotatable bonds is 2. The Labute approximate surface area is 128 Å². The topological polar surface area (TPSA) is 55.4 Å². The van der Waals surface area contributed by atoms with Gasteiger partial charge in [-0.15, -0.1) is 0 Å². The van der Waals surface area contributed by atoms with E-state index in [1.807, 2.05) is 0 Å². The Balaban J connectivity index is 2.00. The molecular formula is C15H9BrFNO3. The highest BCUT2D eigenvalue weighted by Gasteiger charge is 2.20. The van der Waals surface area contributed by atoms with Gasteiger partial charge in [0.1, 0.15) is 11.6 Å². The van der Waals surface area contributed by atoms with E-state index in [9.17, 15) is 14.0 Å². The van der Waals surface area contributed by atoms with Crippen molar-refractivity contribution in [2.24, 2.45) is 0 Å². The van der Waals surface area contributed by atoms with Gasteiger partial charge in [0, 0.05) is 10.0 Å². The SMILES string of the molecule is O=C1COc2ccc(C(=O)c3cc(Br)ccc3F)cc2N1. The summed E-state index contributed by atoms with van der Waals surface area (Å²) in [7, 11) is 0. The van der Waals surface area contributed by atoms with Crippen molar-refractivity contribution in [3.05, 3.63) is 57.8 Å². The summed E-state index contributed by atoms with van der Waals surface area (Å²) in [6.07, 6.45) is 0. The highest BCUT2D eigenvalue weighted by atomic mass is 79.9. The van der Waals surface area contributed by atoms with Gasteiger partial charge in [-0.1, -0.05) is 15.9 Å². The van der Waals surface area contributed by atoms with Crippen molar-refractivity contribution in [2.45, 2.75) is 0 Å². The Hall–Kier alpha value is -2.21. The molecule has 0 bridgehead atoms. The average Bonchev–Trinajstić information content (AvgIpc) is 2.48. The molecule has 0 spiro atoms. The van der Waals surface area contributed by atoms with Crippen LogP contribution in [-0.4, -0.2) is 18.3 Å². The molecule has 1 N–H and O–H groups in total. The lowest BCUT2D eigenvalue weighted by atomic mass is 10.0. The predicted molar refractivity (Wildman–Crippen MR) is 78.1 cm³/mol. The summed E-state index contributed by atoms with van der Waals surface area (Å²) in [5, 5.41) is 2.61. The summed E-state index contributed by atoms with van der Waals surface area (Å²) in [5.41, 5.74) is 0.649. The maximum atomic E-state index is 13.8. The zero-order valence-electron chi connectivity index (χ0n) is 10.7. The van der Waals surface area contributed by atoms with Crippen LogP contribution in [0.25, 0.3) is 0 Å². The molecule has 1 heterocycles. The number of hydrogen-bond donors (Lipinski definition) is 1. The fourth-order valence-electron chi connectivity index (χ4n) is 2.05. The summed E-state index contributed by atoms with van der Waals surface area (Å²) >= 11 is 3.21. The van der Waals surface area contributed by atoms with E-state index in [0.717, 1.165) is 0 Å². The molecule has 0 unspecified atom stereocenters. The molecule has 106 valence electrons. The first-order valence-corrected chi connectivity index (χ1v) is 6.90. The molecule has 0 atom stereocenters. The smallest absolute Gasteiger partial charge is 0.262 e. The number of halogens is 2. The number of fused-ring (bicyclic) bond motifs is 1. The standard InChI is InChI=1S/C15H9BrFNO3/c16-9-2-3-11(17)10(6-9)15(20)8-1-4-13-12(5-8)18-14(19)7-21-13/h1-6H,7H2,(H,18,19). The van der Waals surface area contributed by atoms with Crippen LogP contribution in [0, 0.1) is 5.82 Å². The Morgan fingerprint density at radius 3 is 2.86 bits per heavy atom. The molecule has 1 amide bonds. The summed E-state index contributed by atoms with van der Waals surface area (Å²) < 4.78 is 19.6. The van der Waals surface area contributed by atoms with Gasteiger partial charge in [-0.05, 0) is 36.4 Å². The van der Waals surface area contributed by atoms with Gasteiger partial charge in [0.15, 0.2) is 12.4 Å². The van der Waals surface area contributed by atoms with Gasteiger partial charge in [-0.3, -0.25) is 9.59 Å². The van der Waals surface area contributed by atoms with Crippen LogP contribution in [0.4, 0.5) is 10.1 Å². The zero-order valence-corrected chi connectivity index (χ0v) is 12.2. The van der Waals surface area contributed by atoms with E-state index in [1.165, 1.54) is 24.3 Å². The second-order valence-electron chi connectivity index (χ2n) is 4.50. The van der Waals surface area contributed by atoms with E-state index < -0.39 is 11.6 Å². The molecule has 0 saturated carbocycles. The number of ether oxygens (including phenoxy) is 1. The Kier molecular flexibility index (Phi) is 3.47. The Morgan fingerprint density at radius 2 is 2.05 bits per heavy atom. The van der Waals surface area contributed by atoms with E-state index in [1.54, 1.807) is 12.1 Å². The van der Waals surface area contributed by atoms with Crippen molar-refractivity contribution in [3.8, 4) is 5.75 Å². The van der Waals surface area contributed by atoms with Gasteiger partial charge in [0.25, 0.3) is 5.91 Å². The molecule has 6 heteroatoms. The molecule has 0 aromatic heterocycles.